The van der Waals surface area contributed by atoms with Gasteiger partial charge in [-0.15, -0.1) is 0 Å². The average Bonchev–Trinajstić information content (AvgIpc) is 2.29. The van der Waals surface area contributed by atoms with Gasteiger partial charge in [0.05, 0.1) is 0 Å². The monoisotopic (exact) mass is 233 g/mol. The van der Waals surface area contributed by atoms with E-state index in [4.69, 9.17) is 5.73 Å². The fraction of sp³-hybridized carbons (Fsp3) is 0.538. The van der Waals surface area contributed by atoms with Crippen molar-refractivity contribution in [2.24, 2.45) is 5.73 Å². The van der Waals surface area contributed by atoms with Crippen LogP contribution >= 0.6 is 0 Å². The summed E-state index contributed by atoms with van der Waals surface area (Å²) in [5, 5.41) is 0. The van der Waals surface area contributed by atoms with Gasteiger partial charge >= 0.3 is 0 Å². The molecule has 1 saturated heterocycles. The Bertz CT molecular complexity index is 419. The first-order valence-electron chi connectivity index (χ1n) is 6.07. The number of pyridine rings is 1. The Balaban J connectivity index is 2.18. The van der Waals surface area contributed by atoms with Gasteiger partial charge in [-0.05, 0) is 38.3 Å². The van der Waals surface area contributed by atoms with Crippen LogP contribution in [0.4, 0.5) is 0 Å². The van der Waals surface area contributed by atoms with Gasteiger partial charge in [-0.3, -0.25) is 9.78 Å². The molecule has 2 atom stereocenters. The van der Waals surface area contributed by atoms with Gasteiger partial charge in [0.25, 0.3) is 5.91 Å². The molecule has 1 aromatic heterocycles. The van der Waals surface area contributed by atoms with Crippen molar-refractivity contribution in [2.75, 3.05) is 6.54 Å². The normalized spacial score (nSPS) is 24.8. The van der Waals surface area contributed by atoms with Gasteiger partial charge in [-0.25, -0.2) is 0 Å². The average molecular weight is 233 g/mol. The lowest BCUT2D eigenvalue weighted by Gasteiger charge is -2.36. The van der Waals surface area contributed by atoms with Crippen LogP contribution < -0.4 is 5.73 Å². The number of amides is 1. The quantitative estimate of drug-likeness (QED) is 0.796. The molecular weight excluding hydrogens is 214 g/mol. The number of likely N-dealkylation sites (tertiary alicyclic amines) is 1. The summed E-state index contributed by atoms with van der Waals surface area (Å²) in [7, 11) is 0. The number of carbonyl (C=O) groups excluding carboxylic acids is 1. The molecule has 2 N–H and O–H groups in total. The Morgan fingerprint density at radius 1 is 1.59 bits per heavy atom. The van der Waals surface area contributed by atoms with E-state index >= 15 is 0 Å². The second-order valence-corrected chi connectivity index (χ2v) is 4.80. The molecule has 0 aliphatic carbocycles. The number of nitrogens with two attached hydrogens (primary N) is 1. The third-order valence-electron chi connectivity index (χ3n) is 3.39. The highest BCUT2D eigenvalue weighted by molar-refractivity contribution is 5.93. The molecule has 2 rings (SSSR count). The molecule has 1 aliphatic rings. The Hall–Kier alpha value is -1.42. The van der Waals surface area contributed by atoms with E-state index in [9.17, 15) is 4.79 Å². The van der Waals surface area contributed by atoms with Gasteiger partial charge in [0.1, 0.15) is 5.69 Å². The summed E-state index contributed by atoms with van der Waals surface area (Å²) < 4.78 is 0. The second kappa shape index (κ2) is 4.84. The Morgan fingerprint density at radius 3 is 3.00 bits per heavy atom. The van der Waals surface area contributed by atoms with E-state index in [0.717, 1.165) is 24.9 Å². The minimum atomic E-state index is 0.0301. The summed E-state index contributed by atoms with van der Waals surface area (Å²) in [5.74, 6) is 0.0301. The Kier molecular flexibility index (Phi) is 3.43. The van der Waals surface area contributed by atoms with Crippen LogP contribution in [0.2, 0.25) is 0 Å². The summed E-state index contributed by atoms with van der Waals surface area (Å²) in [6, 6.07) is 4.19. The van der Waals surface area contributed by atoms with Gasteiger partial charge < -0.3 is 10.6 Å². The number of hydrogen-bond acceptors (Lipinski definition) is 3. The molecule has 2 unspecified atom stereocenters. The topological polar surface area (TPSA) is 59.2 Å². The van der Waals surface area contributed by atoms with E-state index < -0.39 is 0 Å². The van der Waals surface area contributed by atoms with Crippen molar-refractivity contribution in [2.45, 2.75) is 38.8 Å². The van der Waals surface area contributed by atoms with Crippen LogP contribution in [0.3, 0.4) is 0 Å². The Labute approximate surface area is 102 Å². The molecule has 1 amide bonds. The maximum atomic E-state index is 12.4. The van der Waals surface area contributed by atoms with Crippen LogP contribution in [-0.2, 0) is 0 Å². The predicted molar refractivity (Wildman–Crippen MR) is 66.7 cm³/mol. The third-order valence-corrected chi connectivity index (χ3v) is 3.39. The molecule has 1 aromatic rings. The minimum Gasteiger partial charge on any atom is -0.334 e. The predicted octanol–water partition coefficient (Wildman–Crippen LogP) is 1.34. The molecule has 0 aromatic carbocycles. The van der Waals surface area contributed by atoms with E-state index in [1.54, 1.807) is 6.20 Å². The van der Waals surface area contributed by atoms with Crippen LogP contribution in [0, 0.1) is 6.92 Å². The van der Waals surface area contributed by atoms with E-state index in [1.807, 2.05) is 24.0 Å². The van der Waals surface area contributed by atoms with Gasteiger partial charge in [0.15, 0.2) is 0 Å². The molecule has 17 heavy (non-hydrogen) atoms. The van der Waals surface area contributed by atoms with Crippen molar-refractivity contribution in [1.82, 2.24) is 9.88 Å². The maximum absolute atomic E-state index is 12.4. The Morgan fingerprint density at radius 2 is 2.35 bits per heavy atom. The van der Waals surface area contributed by atoms with Crippen molar-refractivity contribution in [3.8, 4) is 0 Å². The van der Waals surface area contributed by atoms with Crippen LogP contribution in [-0.4, -0.2) is 34.4 Å². The largest absolute Gasteiger partial charge is 0.334 e. The SMILES string of the molecule is Cc1cccnc1C(=O)N1CCC(N)CC1C. The number of piperidine rings is 1. The number of hydrogen-bond donors (Lipinski definition) is 1. The smallest absolute Gasteiger partial charge is 0.272 e. The fourth-order valence-corrected chi connectivity index (χ4v) is 2.36. The van der Waals surface area contributed by atoms with Crippen LogP contribution in [0.5, 0.6) is 0 Å². The highest BCUT2D eigenvalue weighted by Crippen LogP contribution is 2.19. The summed E-state index contributed by atoms with van der Waals surface area (Å²) >= 11 is 0. The number of carbonyl (C=O) groups is 1. The van der Waals surface area contributed by atoms with Crippen molar-refractivity contribution in [1.29, 1.82) is 0 Å². The maximum Gasteiger partial charge on any atom is 0.272 e. The van der Waals surface area contributed by atoms with E-state index in [2.05, 4.69) is 11.9 Å². The summed E-state index contributed by atoms with van der Waals surface area (Å²) in [6.45, 7) is 4.70. The molecular formula is C13H19N3O. The number of nitrogens with zero attached hydrogens (tertiary/aromatic N) is 2. The molecule has 1 fully saturated rings. The zero-order valence-corrected chi connectivity index (χ0v) is 10.4. The first kappa shape index (κ1) is 12.0. The lowest BCUT2D eigenvalue weighted by Crippen LogP contribution is -2.48. The summed E-state index contributed by atoms with van der Waals surface area (Å²) in [5.41, 5.74) is 7.40. The van der Waals surface area contributed by atoms with Crippen molar-refractivity contribution in [3.05, 3.63) is 29.6 Å². The molecule has 4 nitrogen and oxygen atoms in total. The first-order valence-corrected chi connectivity index (χ1v) is 6.07. The summed E-state index contributed by atoms with van der Waals surface area (Å²) in [6.07, 6.45) is 3.42. The molecule has 1 aliphatic heterocycles. The second-order valence-electron chi connectivity index (χ2n) is 4.80. The van der Waals surface area contributed by atoms with Gasteiger partial charge in [-0.1, -0.05) is 6.07 Å². The number of aryl methyl sites for hydroxylation is 1. The highest BCUT2D eigenvalue weighted by Gasteiger charge is 2.28. The fourth-order valence-electron chi connectivity index (χ4n) is 2.36. The van der Waals surface area contributed by atoms with Crippen molar-refractivity contribution < 1.29 is 4.79 Å². The zero-order chi connectivity index (χ0) is 12.4. The molecule has 92 valence electrons. The molecule has 0 radical (unpaired) electrons. The van der Waals surface area contributed by atoms with Crippen molar-refractivity contribution >= 4 is 5.91 Å². The van der Waals surface area contributed by atoms with Crippen LogP contribution in [0.1, 0.15) is 35.8 Å². The van der Waals surface area contributed by atoms with Crippen molar-refractivity contribution in [3.63, 3.8) is 0 Å². The lowest BCUT2D eigenvalue weighted by atomic mass is 9.98. The standard InChI is InChI=1S/C13H19N3O/c1-9-4-3-6-15-12(9)13(17)16-7-5-11(14)8-10(16)2/h3-4,6,10-11H,5,7-8,14H2,1-2H3. The number of aromatic nitrogens is 1. The van der Waals surface area contributed by atoms with Gasteiger partial charge in [0.2, 0.25) is 0 Å². The van der Waals surface area contributed by atoms with Crippen LogP contribution in [0.25, 0.3) is 0 Å². The minimum absolute atomic E-state index is 0.0301. The van der Waals surface area contributed by atoms with Gasteiger partial charge in [-0.2, -0.15) is 0 Å². The zero-order valence-electron chi connectivity index (χ0n) is 10.4. The van der Waals surface area contributed by atoms with Crippen LogP contribution in [0.15, 0.2) is 18.3 Å². The number of rotatable bonds is 1. The summed E-state index contributed by atoms with van der Waals surface area (Å²) in [4.78, 5) is 18.4. The van der Waals surface area contributed by atoms with E-state index in [-0.39, 0.29) is 18.0 Å². The van der Waals surface area contributed by atoms with E-state index in [1.165, 1.54) is 0 Å². The molecule has 2 heterocycles. The molecule has 0 saturated carbocycles. The molecule has 4 heteroatoms. The highest BCUT2D eigenvalue weighted by atomic mass is 16.2. The molecule has 0 spiro atoms. The van der Waals surface area contributed by atoms with E-state index in [0.29, 0.717) is 5.69 Å². The third kappa shape index (κ3) is 2.47. The van der Waals surface area contributed by atoms with Gasteiger partial charge in [0, 0.05) is 24.8 Å². The first-order chi connectivity index (χ1) is 8.09. The lowest BCUT2D eigenvalue weighted by molar-refractivity contribution is 0.0612. The molecule has 0 bridgehead atoms.